The molecule has 1 amide bonds. The van der Waals surface area contributed by atoms with Crippen molar-refractivity contribution in [1.29, 1.82) is 0 Å². The second-order valence-electron chi connectivity index (χ2n) is 14.6. The summed E-state index contributed by atoms with van der Waals surface area (Å²) in [6.45, 7) is -0.899. The highest BCUT2D eigenvalue weighted by molar-refractivity contribution is 6.29. The van der Waals surface area contributed by atoms with Gasteiger partial charge in [0.2, 0.25) is 12.2 Å². The van der Waals surface area contributed by atoms with Crippen molar-refractivity contribution in [2.45, 2.75) is 68.0 Å². The highest BCUT2D eigenvalue weighted by Gasteiger charge is 2.49. The van der Waals surface area contributed by atoms with Crippen molar-refractivity contribution in [2.75, 3.05) is 44.6 Å². The third-order valence-corrected chi connectivity index (χ3v) is 11.2. The number of anilines is 1. The topological polar surface area (TPSA) is 255 Å². The Morgan fingerprint density at radius 3 is 2.39 bits per heavy atom. The Bertz CT molecular complexity index is 2000. The predicted octanol–water partition coefficient (Wildman–Crippen LogP) is -1.41. The van der Waals surface area contributed by atoms with E-state index in [0.717, 1.165) is 0 Å². The quantitative estimate of drug-likeness (QED) is 0.0997. The van der Waals surface area contributed by atoms with Crippen LogP contribution in [0.2, 0.25) is 0 Å². The van der Waals surface area contributed by atoms with Crippen LogP contribution in [-0.2, 0) is 14.3 Å². The summed E-state index contributed by atoms with van der Waals surface area (Å²) in [6, 6.07) is 14.8. The van der Waals surface area contributed by atoms with Crippen molar-refractivity contribution in [3.05, 3.63) is 88.0 Å². The summed E-state index contributed by atoms with van der Waals surface area (Å²) >= 11 is 0. The van der Waals surface area contributed by atoms with Crippen LogP contribution in [0, 0.1) is 5.92 Å². The van der Waals surface area contributed by atoms with E-state index >= 15 is 0 Å². The summed E-state index contributed by atoms with van der Waals surface area (Å²) in [4.78, 5) is 43.8. The SMILES string of the molecule is N[C@@H]1NC(=O)[C@H]2NCN(c3ccccc3[C@H]3c4cc5c(c(OCCO)c4O[C@H]4O[C@@H](COC[C@@H]3CCCO)[C@H](O)[C@@H](O)[C@@H]4O)C(=O)c3ccccc3C5=O)[C@H]2N1. The number of nitrogens with one attached hydrogen (secondary N) is 3. The van der Waals surface area contributed by atoms with Crippen LogP contribution in [0.15, 0.2) is 54.6 Å². The van der Waals surface area contributed by atoms with Gasteiger partial charge in [0, 0.05) is 40.5 Å². The lowest BCUT2D eigenvalue weighted by Gasteiger charge is -2.40. The second kappa shape index (κ2) is 15.8. The molecule has 4 heterocycles. The number of fused-ring (bicyclic) bond motifs is 6. The molecule has 5 aliphatic rings. The number of aliphatic hydroxyl groups excluding tert-OH is 5. The first kappa shape index (κ1) is 38.3. The number of nitrogens with zero attached hydrogens (tertiary/aromatic N) is 1. The highest BCUT2D eigenvalue weighted by Crippen LogP contribution is 2.51. The van der Waals surface area contributed by atoms with Crippen LogP contribution >= 0.6 is 0 Å². The standard InChI is InChI=1S/C39H45N5O12/c40-39-42-36-28(37(52)43-39)41-17-44(36)24-10-4-3-9-21(24)26-18(6-5-11-45)15-53-16-25-31(49)32(50)33(51)38(55-25)56-34-23(26)14-22-27(35(34)54-13-12-46)30(48)20-8-2-1-7-19(20)29(22)47/h1-4,7-10,14,18,25-26,28,31-33,36,38-39,41-42,45-46,49-51H,5-6,11-13,15-17,40H2,(H,43,52)/t18-,25-,26-,28-,31-,32+,33-,36+,38+,39-/m0/s1. The Kier molecular flexibility index (Phi) is 10.8. The molecular weight excluding hydrogens is 730 g/mol. The number of amides is 1. The number of carbonyl (C=O) groups excluding carboxylic acids is 3. The maximum Gasteiger partial charge on any atom is 0.242 e. The van der Waals surface area contributed by atoms with Crippen LogP contribution in [0.4, 0.5) is 5.69 Å². The first-order valence-corrected chi connectivity index (χ1v) is 18.7. The van der Waals surface area contributed by atoms with E-state index in [1.165, 1.54) is 6.07 Å². The minimum atomic E-state index is -1.79. The van der Waals surface area contributed by atoms with Crippen LogP contribution in [-0.4, -0.2) is 132 Å². The molecule has 3 fully saturated rings. The fourth-order valence-corrected chi connectivity index (χ4v) is 8.56. The average Bonchev–Trinajstić information content (AvgIpc) is 3.62. The minimum Gasteiger partial charge on any atom is -0.486 e. The zero-order valence-electron chi connectivity index (χ0n) is 30.2. The van der Waals surface area contributed by atoms with Crippen LogP contribution in [0.3, 0.4) is 0 Å². The van der Waals surface area contributed by atoms with Gasteiger partial charge in [-0.2, -0.15) is 0 Å². The summed E-state index contributed by atoms with van der Waals surface area (Å²) in [7, 11) is 0. The van der Waals surface area contributed by atoms with E-state index in [1.807, 2.05) is 29.2 Å². The van der Waals surface area contributed by atoms with Crippen molar-refractivity contribution < 1.29 is 58.9 Å². The van der Waals surface area contributed by atoms with Gasteiger partial charge in [-0.1, -0.05) is 42.5 Å². The van der Waals surface area contributed by atoms with Crippen molar-refractivity contribution in [3.8, 4) is 11.5 Å². The molecule has 0 unspecified atom stereocenters. The molecule has 8 rings (SSSR count). The van der Waals surface area contributed by atoms with E-state index in [4.69, 9.17) is 24.7 Å². The van der Waals surface area contributed by atoms with Crippen molar-refractivity contribution in [1.82, 2.24) is 16.0 Å². The van der Waals surface area contributed by atoms with Gasteiger partial charge in [-0.3, -0.25) is 30.8 Å². The lowest BCUT2D eigenvalue weighted by Crippen LogP contribution is -2.70. The summed E-state index contributed by atoms with van der Waals surface area (Å²) in [5.41, 5.74) is 8.06. The van der Waals surface area contributed by atoms with Gasteiger partial charge < -0.3 is 54.7 Å². The second-order valence-corrected chi connectivity index (χ2v) is 14.6. The molecule has 10 atom stereocenters. The first-order valence-electron chi connectivity index (χ1n) is 18.7. The Morgan fingerprint density at radius 2 is 1.62 bits per heavy atom. The summed E-state index contributed by atoms with van der Waals surface area (Å²) in [5.74, 6) is -2.83. The molecule has 0 radical (unpaired) electrons. The fraction of sp³-hybridized carbons (Fsp3) is 0.462. The van der Waals surface area contributed by atoms with Gasteiger partial charge in [0.25, 0.3) is 0 Å². The van der Waals surface area contributed by atoms with Crippen molar-refractivity contribution in [3.63, 3.8) is 0 Å². The lowest BCUT2D eigenvalue weighted by atomic mass is 9.74. The van der Waals surface area contributed by atoms with Crippen LogP contribution < -0.4 is 36.1 Å². The molecule has 4 aliphatic heterocycles. The summed E-state index contributed by atoms with van der Waals surface area (Å²) < 4.78 is 25.0. The number of para-hydroxylation sites is 1. The molecule has 2 bridgehead atoms. The molecule has 3 aromatic rings. The van der Waals surface area contributed by atoms with Gasteiger partial charge in [0.1, 0.15) is 49.5 Å². The van der Waals surface area contributed by atoms with Crippen LogP contribution in [0.5, 0.6) is 11.5 Å². The Morgan fingerprint density at radius 1 is 0.875 bits per heavy atom. The molecule has 0 aromatic heterocycles. The summed E-state index contributed by atoms with van der Waals surface area (Å²) in [6.07, 6.45) is -8.53. The van der Waals surface area contributed by atoms with Gasteiger partial charge in [0.15, 0.2) is 23.1 Å². The zero-order valence-corrected chi connectivity index (χ0v) is 30.2. The number of nitrogens with two attached hydrogens (primary N) is 1. The van der Waals surface area contributed by atoms with Gasteiger partial charge in [-0.15, -0.1) is 0 Å². The average molecular weight is 776 g/mol. The first-order chi connectivity index (χ1) is 27.1. The molecule has 298 valence electrons. The maximum atomic E-state index is 14.4. The number of hydrogen-bond acceptors (Lipinski definition) is 16. The predicted molar refractivity (Wildman–Crippen MR) is 196 cm³/mol. The third kappa shape index (κ3) is 6.62. The monoisotopic (exact) mass is 775 g/mol. The van der Waals surface area contributed by atoms with Gasteiger partial charge >= 0.3 is 0 Å². The fourth-order valence-electron chi connectivity index (χ4n) is 8.56. The number of aliphatic hydroxyl groups is 5. The van der Waals surface area contributed by atoms with Gasteiger partial charge in [0.05, 0.1) is 32.1 Å². The third-order valence-electron chi connectivity index (χ3n) is 11.2. The number of benzene rings is 3. The van der Waals surface area contributed by atoms with E-state index in [1.54, 1.807) is 24.3 Å². The smallest absolute Gasteiger partial charge is 0.242 e. The number of carbonyl (C=O) groups is 3. The molecule has 56 heavy (non-hydrogen) atoms. The summed E-state index contributed by atoms with van der Waals surface area (Å²) in [5, 5.41) is 62.5. The van der Waals surface area contributed by atoms with E-state index in [-0.39, 0.29) is 72.8 Å². The number of rotatable bonds is 8. The van der Waals surface area contributed by atoms with Crippen molar-refractivity contribution in [2.24, 2.45) is 11.7 Å². The Hall–Kier alpha value is -4.53. The molecular formula is C39H45N5O12. The lowest BCUT2D eigenvalue weighted by molar-refractivity contribution is -0.280. The molecule has 0 saturated carbocycles. The Balaban J connectivity index is 1.40. The van der Waals surface area contributed by atoms with Gasteiger partial charge in [-0.05, 0) is 36.5 Å². The van der Waals surface area contributed by atoms with Crippen LogP contribution in [0.25, 0.3) is 0 Å². The maximum absolute atomic E-state index is 14.4. The number of hydrogen-bond donors (Lipinski definition) is 9. The van der Waals surface area contributed by atoms with E-state index in [9.17, 15) is 39.9 Å². The molecule has 0 spiro atoms. The molecule has 10 N–H and O–H groups in total. The zero-order chi connectivity index (χ0) is 39.2. The minimum absolute atomic E-state index is 0.0149. The molecule has 1 aliphatic carbocycles. The van der Waals surface area contributed by atoms with E-state index < -0.39 is 79.2 Å². The van der Waals surface area contributed by atoms with Crippen molar-refractivity contribution >= 4 is 23.2 Å². The molecule has 17 heteroatoms. The highest BCUT2D eigenvalue weighted by atomic mass is 16.7. The van der Waals surface area contributed by atoms with E-state index in [2.05, 4.69) is 16.0 Å². The number of ether oxygens (including phenoxy) is 4. The van der Waals surface area contributed by atoms with Crippen LogP contribution in [0.1, 0.15) is 61.7 Å². The number of ketones is 2. The Labute approximate surface area is 321 Å². The molecule has 3 saturated heterocycles. The van der Waals surface area contributed by atoms with E-state index in [0.29, 0.717) is 29.7 Å². The van der Waals surface area contributed by atoms with Gasteiger partial charge in [-0.25, -0.2) is 0 Å². The molecule has 3 aromatic carbocycles. The normalized spacial score (nSPS) is 31.2. The largest absolute Gasteiger partial charge is 0.486 e. The molecule has 17 nitrogen and oxygen atoms in total.